The van der Waals surface area contributed by atoms with E-state index in [1.165, 1.54) is 23.1 Å². The number of halogens is 1. The first-order valence-electron chi connectivity index (χ1n) is 6.94. The molecule has 3 amide bonds. The Kier molecular flexibility index (Phi) is 6.79. The molecular weight excluding hydrogens is 388 g/mol. The molecule has 10 heteroatoms. The summed E-state index contributed by atoms with van der Waals surface area (Å²) in [6, 6.07) is 6.60. The molecule has 128 valence electrons. The molecule has 0 spiro atoms. The molecular formula is C14H15ClN4O2S3. The second kappa shape index (κ2) is 8.61. The molecule has 1 heterocycles. The number of imide groups is 1. The predicted octanol–water partition coefficient (Wildman–Crippen LogP) is 3.64. The Balaban J connectivity index is 1.96. The van der Waals surface area contributed by atoms with Crippen LogP contribution in [0.5, 0.6) is 0 Å². The fraction of sp³-hybridized carbons (Fsp3) is 0.286. The van der Waals surface area contributed by atoms with E-state index < -0.39 is 11.9 Å². The van der Waals surface area contributed by atoms with Crippen LogP contribution in [0.2, 0.25) is 5.02 Å². The normalized spacial score (nSPS) is 10.7. The fourth-order valence-corrected chi connectivity index (χ4v) is 3.94. The molecule has 2 N–H and O–H groups in total. The lowest BCUT2D eigenvalue weighted by molar-refractivity contribution is -0.117. The van der Waals surface area contributed by atoms with Gasteiger partial charge in [-0.1, -0.05) is 34.7 Å². The van der Waals surface area contributed by atoms with Crippen LogP contribution < -0.4 is 10.6 Å². The van der Waals surface area contributed by atoms with Gasteiger partial charge in [-0.05, 0) is 50.3 Å². The van der Waals surface area contributed by atoms with E-state index in [1.54, 1.807) is 16.8 Å². The van der Waals surface area contributed by atoms with Crippen molar-refractivity contribution in [2.24, 2.45) is 0 Å². The Bertz CT molecular complexity index is 786. The van der Waals surface area contributed by atoms with Crippen LogP contribution in [0.25, 0.3) is 5.69 Å². The summed E-state index contributed by atoms with van der Waals surface area (Å²) >= 11 is 13.7. The number of amides is 3. The summed E-state index contributed by atoms with van der Waals surface area (Å²) in [6.45, 7) is 3.63. The van der Waals surface area contributed by atoms with Crippen molar-refractivity contribution in [2.45, 2.75) is 24.2 Å². The molecule has 0 fully saturated rings. The van der Waals surface area contributed by atoms with E-state index in [9.17, 15) is 9.59 Å². The number of aromatic nitrogens is 2. The summed E-state index contributed by atoms with van der Waals surface area (Å²) in [5.41, 5.74) is 0.799. The van der Waals surface area contributed by atoms with Crippen molar-refractivity contribution in [3.05, 3.63) is 33.2 Å². The maximum absolute atomic E-state index is 11.7. The number of urea groups is 1. The molecule has 2 aromatic rings. The third-order valence-corrected chi connectivity index (χ3v) is 5.22. The Morgan fingerprint density at radius 2 is 2.04 bits per heavy atom. The van der Waals surface area contributed by atoms with E-state index in [1.807, 2.05) is 26.0 Å². The highest BCUT2D eigenvalue weighted by Gasteiger charge is 2.12. The zero-order valence-corrected chi connectivity index (χ0v) is 16.1. The molecule has 0 bridgehead atoms. The number of benzene rings is 1. The highest BCUT2D eigenvalue weighted by atomic mass is 35.5. The van der Waals surface area contributed by atoms with Gasteiger partial charge in [0.1, 0.15) is 0 Å². The maximum Gasteiger partial charge on any atom is 0.321 e. The third kappa shape index (κ3) is 5.59. The smallest absolute Gasteiger partial charge is 0.321 e. The predicted molar refractivity (Wildman–Crippen MR) is 99.8 cm³/mol. The molecule has 0 aliphatic rings. The molecule has 0 radical (unpaired) electrons. The van der Waals surface area contributed by atoms with Gasteiger partial charge in [0.25, 0.3) is 0 Å². The first-order chi connectivity index (χ1) is 11.3. The highest BCUT2D eigenvalue weighted by Crippen LogP contribution is 2.24. The number of hydrogen-bond donors (Lipinski definition) is 2. The van der Waals surface area contributed by atoms with Gasteiger partial charge in [-0.25, -0.2) is 9.48 Å². The second-order valence-electron chi connectivity index (χ2n) is 4.99. The van der Waals surface area contributed by atoms with Gasteiger partial charge in [0.15, 0.2) is 8.29 Å². The first kappa shape index (κ1) is 18.9. The van der Waals surface area contributed by atoms with Crippen molar-refractivity contribution in [3.8, 4) is 5.69 Å². The van der Waals surface area contributed by atoms with Gasteiger partial charge < -0.3 is 5.32 Å². The average molecular weight is 403 g/mol. The summed E-state index contributed by atoms with van der Waals surface area (Å²) in [5, 5.41) is 9.86. The maximum atomic E-state index is 11.7. The molecule has 6 nitrogen and oxygen atoms in total. The van der Waals surface area contributed by atoms with Gasteiger partial charge in [0.05, 0.1) is 11.4 Å². The van der Waals surface area contributed by atoms with Crippen molar-refractivity contribution >= 4 is 58.9 Å². The van der Waals surface area contributed by atoms with Crippen LogP contribution in [-0.2, 0) is 4.79 Å². The van der Waals surface area contributed by atoms with Crippen molar-refractivity contribution in [3.63, 3.8) is 0 Å². The summed E-state index contributed by atoms with van der Waals surface area (Å²) in [7, 11) is 0. The number of nitrogens with one attached hydrogen (secondary N) is 2. The van der Waals surface area contributed by atoms with Gasteiger partial charge in [-0.15, -0.1) is 5.10 Å². The zero-order chi connectivity index (χ0) is 17.7. The molecule has 0 aliphatic heterocycles. The van der Waals surface area contributed by atoms with Crippen LogP contribution in [0.3, 0.4) is 0 Å². The fourth-order valence-electron chi connectivity index (χ4n) is 1.65. The number of carbonyl (C=O) groups excluding carboxylic acids is 2. The van der Waals surface area contributed by atoms with Crippen LogP contribution in [0, 0.1) is 3.95 Å². The van der Waals surface area contributed by atoms with E-state index in [-0.39, 0.29) is 11.8 Å². The first-order valence-corrected chi connectivity index (χ1v) is 9.53. The van der Waals surface area contributed by atoms with Gasteiger partial charge in [-0.3, -0.25) is 10.1 Å². The lowest BCUT2D eigenvalue weighted by atomic mass is 10.3. The van der Waals surface area contributed by atoms with E-state index in [2.05, 4.69) is 15.7 Å². The molecule has 0 saturated heterocycles. The number of nitrogens with zero attached hydrogens (tertiary/aromatic N) is 2. The minimum Gasteiger partial charge on any atom is -0.336 e. The second-order valence-corrected chi connectivity index (χ2v) is 8.27. The average Bonchev–Trinajstić information content (AvgIpc) is 2.86. The third-order valence-electron chi connectivity index (χ3n) is 2.60. The highest BCUT2D eigenvalue weighted by molar-refractivity contribution is 8.01. The van der Waals surface area contributed by atoms with Crippen molar-refractivity contribution in [1.29, 1.82) is 0 Å². The van der Waals surface area contributed by atoms with Crippen molar-refractivity contribution < 1.29 is 9.59 Å². The molecule has 24 heavy (non-hydrogen) atoms. The van der Waals surface area contributed by atoms with E-state index in [4.69, 9.17) is 23.8 Å². The van der Waals surface area contributed by atoms with Gasteiger partial charge in [-0.2, -0.15) is 0 Å². The zero-order valence-electron chi connectivity index (χ0n) is 12.9. The molecule has 2 rings (SSSR count). The largest absolute Gasteiger partial charge is 0.336 e. The van der Waals surface area contributed by atoms with Crippen LogP contribution in [0.1, 0.15) is 13.8 Å². The van der Waals surface area contributed by atoms with E-state index >= 15 is 0 Å². The minimum atomic E-state index is -0.505. The number of rotatable bonds is 5. The SMILES string of the molecule is CC(C)NC(=O)NC(=O)CSc1nn(-c2ccc(Cl)cc2)c(=S)s1. The molecule has 0 aliphatic carbocycles. The Hall–Kier alpha value is -1.42. The lowest BCUT2D eigenvalue weighted by Gasteiger charge is -2.08. The van der Waals surface area contributed by atoms with Gasteiger partial charge in [0.2, 0.25) is 5.91 Å². The van der Waals surface area contributed by atoms with Crippen LogP contribution >= 0.6 is 46.9 Å². The molecule has 0 saturated carbocycles. The van der Waals surface area contributed by atoms with Crippen LogP contribution in [0.4, 0.5) is 4.79 Å². The molecule has 0 atom stereocenters. The lowest BCUT2D eigenvalue weighted by Crippen LogP contribution is -2.43. The van der Waals surface area contributed by atoms with Gasteiger partial charge in [0, 0.05) is 11.1 Å². The molecule has 0 unspecified atom stereocenters. The number of thioether (sulfide) groups is 1. The van der Waals surface area contributed by atoms with Crippen molar-refractivity contribution in [1.82, 2.24) is 20.4 Å². The summed E-state index contributed by atoms with van der Waals surface area (Å²) < 4.78 is 2.83. The Morgan fingerprint density at radius 1 is 1.38 bits per heavy atom. The summed E-state index contributed by atoms with van der Waals surface area (Å²) in [4.78, 5) is 23.2. The topological polar surface area (TPSA) is 76.0 Å². The molecule has 1 aromatic carbocycles. The number of hydrogen-bond acceptors (Lipinski definition) is 6. The van der Waals surface area contributed by atoms with E-state index in [0.717, 1.165) is 5.69 Å². The monoisotopic (exact) mass is 402 g/mol. The molecule has 1 aromatic heterocycles. The van der Waals surface area contributed by atoms with Crippen molar-refractivity contribution in [2.75, 3.05) is 5.75 Å². The summed E-state index contributed by atoms with van der Waals surface area (Å²) in [6.07, 6.45) is 0. The Labute approximate surface area is 157 Å². The van der Waals surface area contributed by atoms with E-state index in [0.29, 0.717) is 13.3 Å². The summed E-state index contributed by atoms with van der Waals surface area (Å²) in [5.74, 6) is -0.314. The number of carbonyl (C=O) groups is 2. The standard InChI is InChI=1S/C14H15ClN4O2S3/c1-8(2)16-12(21)17-11(20)7-23-13-18-19(14(22)24-13)10-5-3-9(15)4-6-10/h3-6,8H,7H2,1-2H3,(H2,16,17,20,21). The van der Waals surface area contributed by atoms with Crippen LogP contribution in [-0.4, -0.2) is 33.5 Å². The minimum absolute atomic E-state index is 0.0366. The van der Waals surface area contributed by atoms with Gasteiger partial charge >= 0.3 is 6.03 Å². The quantitative estimate of drug-likeness (QED) is 0.589. The van der Waals surface area contributed by atoms with Crippen LogP contribution in [0.15, 0.2) is 28.6 Å². The Morgan fingerprint density at radius 3 is 2.67 bits per heavy atom.